The van der Waals surface area contributed by atoms with Crippen LogP contribution in [0.15, 0.2) is 48.0 Å². The van der Waals surface area contributed by atoms with Gasteiger partial charge in [-0.15, -0.1) is 0 Å². The Bertz CT molecular complexity index is 1180. The summed E-state index contributed by atoms with van der Waals surface area (Å²) in [6, 6.07) is 11.5. The maximum Gasteiger partial charge on any atom is 0.295 e. The molecule has 8 nitrogen and oxygen atoms in total. The number of hydrogen-bond donors (Lipinski definition) is 1. The average molecular weight is 538 g/mol. The third-order valence-electron chi connectivity index (χ3n) is 7.02. The van der Waals surface area contributed by atoms with E-state index in [1.165, 1.54) is 4.90 Å². The summed E-state index contributed by atoms with van der Waals surface area (Å²) in [5.41, 5.74) is 1.11. The first kappa shape index (κ1) is 28.5. The minimum atomic E-state index is -0.802. The number of hydrogen-bond acceptors (Lipinski definition) is 7. The summed E-state index contributed by atoms with van der Waals surface area (Å²) in [6.45, 7) is 8.29. The number of amides is 1. The van der Waals surface area contributed by atoms with Crippen molar-refractivity contribution in [2.45, 2.75) is 58.6 Å². The van der Waals surface area contributed by atoms with Gasteiger partial charge in [-0.25, -0.2) is 0 Å². The second-order valence-corrected chi connectivity index (χ2v) is 10.4. The Morgan fingerprint density at radius 2 is 1.85 bits per heavy atom. The molecular formula is C31H39NO7. The second kappa shape index (κ2) is 13.0. The van der Waals surface area contributed by atoms with Crippen molar-refractivity contribution in [3.63, 3.8) is 0 Å². The molecule has 8 heteroatoms. The van der Waals surface area contributed by atoms with E-state index in [-0.39, 0.29) is 24.0 Å². The van der Waals surface area contributed by atoms with Crippen LogP contribution < -0.4 is 14.2 Å². The van der Waals surface area contributed by atoms with E-state index in [4.69, 9.17) is 18.9 Å². The maximum atomic E-state index is 13.4. The van der Waals surface area contributed by atoms with Crippen LogP contribution in [-0.2, 0) is 14.3 Å². The highest BCUT2D eigenvalue weighted by Gasteiger charge is 2.47. The van der Waals surface area contributed by atoms with Gasteiger partial charge in [0.05, 0.1) is 38.0 Å². The molecule has 210 valence electrons. The molecule has 0 saturated carbocycles. The molecule has 2 aliphatic rings. The van der Waals surface area contributed by atoms with Gasteiger partial charge in [-0.2, -0.15) is 0 Å². The third kappa shape index (κ3) is 6.56. The largest absolute Gasteiger partial charge is 0.507 e. The fourth-order valence-electron chi connectivity index (χ4n) is 4.89. The maximum absolute atomic E-state index is 13.4. The molecule has 1 amide bonds. The highest BCUT2D eigenvalue weighted by molar-refractivity contribution is 6.46. The van der Waals surface area contributed by atoms with Crippen LogP contribution in [0, 0.1) is 5.92 Å². The number of likely N-dealkylation sites (tertiary alicyclic amines) is 1. The molecule has 2 heterocycles. The van der Waals surface area contributed by atoms with Gasteiger partial charge in [0.15, 0.2) is 11.5 Å². The predicted molar refractivity (Wildman–Crippen MR) is 148 cm³/mol. The number of ether oxygens (including phenoxy) is 4. The minimum absolute atomic E-state index is 0.0377. The van der Waals surface area contributed by atoms with Gasteiger partial charge in [-0.3, -0.25) is 9.59 Å². The van der Waals surface area contributed by atoms with Crippen molar-refractivity contribution in [1.82, 2.24) is 4.90 Å². The van der Waals surface area contributed by atoms with E-state index in [1.54, 1.807) is 43.5 Å². The van der Waals surface area contributed by atoms with Gasteiger partial charge in [0.1, 0.15) is 11.5 Å². The molecule has 2 saturated heterocycles. The lowest BCUT2D eigenvalue weighted by molar-refractivity contribution is -0.140. The van der Waals surface area contributed by atoms with Gasteiger partial charge in [-0.1, -0.05) is 26.8 Å². The number of Topliss-reactive ketones (excluding diaryl/α,β-unsaturated/α-hetero) is 1. The van der Waals surface area contributed by atoms with Gasteiger partial charge >= 0.3 is 0 Å². The average Bonchev–Trinajstić information content (AvgIpc) is 3.54. The van der Waals surface area contributed by atoms with Crippen molar-refractivity contribution in [2.75, 3.05) is 33.5 Å². The van der Waals surface area contributed by atoms with Gasteiger partial charge in [-0.05, 0) is 73.6 Å². The molecule has 0 spiro atoms. The molecule has 2 atom stereocenters. The molecule has 2 aromatic rings. The molecule has 0 aromatic heterocycles. The summed E-state index contributed by atoms with van der Waals surface area (Å²) in [6.07, 6.45) is 3.32. The topological polar surface area (TPSA) is 94.5 Å². The van der Waals surface area contributed by atoms with Crippen LogP contribution in [-0.4, -0.2) is 61.3 Å². The Kier molecular flexibility index (Phi) is 9.51. The number of aliphatic hydroxyl groups excluding tert-OH is 1. The Hall–Kier alpha value is -3.52. The molecule has 0 unspecified atom stereocenters. The number of ketones is 1. The van der Waals surface area contributed by atoms with E-state index in [1.807, 2.05) is 13.0 Å². The highest BCUT2D eigenvalue weighted by Crippen LogP contribution is 2.42. The van der Waals surface area contributed by atoms with Gasteiger partial charge in [0, 0.05) is 18.7 Å². The van der Waals surface area contributed by atoms with Crippen molar-refractivity contribution in [2.24, 2.45) is 5.92 Å². The molecule has 2 fully saturated rings. The van der Waals surface area contributed by atoms with Crippen LogP contribution in [0.4, 0.5) is 0 Å². The normalized spacial score (nSPS) is 20.6. The Morgan fingerprint density at radius 1 is 1.08 bits per heavy atom. The van der Waals surface area contributed by atoms with Gasteiger partial charge < -0.3 is 29.0 Å². The fourth-order valence-corrected chi connectivity index (χ4v) is 4.89. The fraction of sp³-hybridized carbons (Fsp3) is 0.484. The minimum Gasteiger partial charge on any atom is -0.507 e. The van der Waals surface area contributed by atoms with Gasteiger partial charge in [0.25, 0.3) is 11.7 Å². The molecular weight excluding hydrogens is 498 g/mol. The molecule has 1 N–H and O–H groups in total. The smallest absolute Gasteiger partial charge is 0.295 e. The Labute approximate surface area is 230 Å². The lowest BCUT2D eigenvalue weighted by Crippen LogP contribution is -2.36. The molecule has 0 aliphatic carbocycles. The van der Waals surface area contributed by atoms with E-state index in [2.05, 4.69) is 13.8 Å². The summed E-state index contributed by atoms with van der Waals surface area (Å²) in [5, 5.41) is 11.4. The van der Waals surface area contributed by atoms with Crippen molar-refractivity contribution in [1.29, 1.82) is 0 Å². The van der Waals surface area contributed by atoms with E-state index < -0.39 is 17.7 Å². The predicted octanol–water partition coefficient (Wildman–Crippen LogP) is 5.51. The zero-order valence-electron chi connectivity index (χ0n) is 23.3. The number of rotatable bonds is 12. The lowest BCUT2D eigenvalue weighted by atomic mass is 9.94. The quantitative estimate of drug-likeness (QED) is 0.217. The second-order valence-electron chi connectivity index (χ2n) is 10.4. The molecule has 0 bridgehead atoms. The number of nitrogens with zero attached hydrogens (tertiary/aromatic N) is 1. The Balaban J connectivity index is 1.73. The number of methoxy groups -OCH3 is 1. The third-order valence-corrected chi connectivity index (χ3v) is 7.02. The van der Waals surface area contributed by atoms with Crippen LogP contribution in [0.2, 0.25) is 0 Å². The molecule has 2 aromatic carbocycles. The zero-order chi connectivity index (χ0) is 27.9. The molecule has 39 heavy (non-hydrogen) atoms. The standard InChI is InChI=1S/C31H39NO7/c1-5-15-37-23-11-8-21(9-12-23)29(33)27-28(32(31(35)30(27)34)19-24-7-6-16-38-24)22-10-13-25(26(18-22)36-4)39-17-14-20(2)3/h8-13,18,20,24,28,33H,5-7,14-17,19H2,1-4H3/t24-,28+/m0/s1. The first-order valence-electron chi connectivity index (χ1n) is 13.8. The number of benzene rings is 2. The van der Waals surface area contributed by atoms with E-state index >= 15 is 0 Å². The summed E-state index contributed by atoms with van der Waals surface area (Å²) in [4.78, 5) is 28.2. The van der Waals surface area contributed by atoms with Crippen molar-refractivity contribution >= 4 is 17.4 Å². The van der Waals surface area contributed by atoms with Crippen molar-refractivity contribution < 1.29 is 33.6 Å². The number of carbonyl (C=O) groups is 2. The molecule has 0 radical (unpaired) electrons. The Morgan fingerprint density at radius 3 is 2.49 bits per heavy atom. The summed E-state index contributed by atoms with van der Waals surface area (Å²) in [7, 11) is 1.56. The van der Waals surface area contributed by atoms with E-state index in [0.29, 0.717) is 54.1 Å². The van der Waals surface area contributed by atoms with Crippen molar-refractivity contribution in [3.8, 4) is 17.2 Å². The molecule has 4 rings (SSSR count). The summed E-state index contributed by atoms with van der Waals surface area (Å²) in [5.74, 6) is 0.638. The van der Waals surface area contributed by atoms with E-state index in [0.717, 1.165) is 25.7 Å². The van der Waals surface area contributed by atoms with Crippen LogP contribution in [0.5, 0.6) is 17.2 Å². The number of aliphatic hydroxyl groups is 1. The lowest BCUT2D eigenvalue weighted by Gasteiger charge is -2.28. The van der Waals surface area contributed by atoms with Crippen molar-refractivity contribution in [3.05, 3.63) is 59.2 Å². The highest BCUT2D eigenvalue weighted by atomic mass is 16.5. The van der Waals surface area contributed by atoms with E-state index in [9.17, 15) is 14.7 Å². The van der Waals surface area contributed by atoms with Gasteiger partial charge in [0.2, 0.25) is 0 Å². The number of carbonyl (C=O) groups excluding carboxylic acids is 2. The molecule has 2 aliphatic heterocycles. The van der Waals surface area contributed by atoms with Crippen LogP contribution in [0.25, 0.3) is 5.76 Å². The summed E-state index contributed by atoms with van der Waals surface area (Å²) >= 11 is 0. The summed E-state index contributed by atoms with van der Waals surface area (Å²) < 4.78 is 23.0. The first-order chi connectivity index (χ1) is 18.8. The van der Waals surface area contributed by atoms with Crippen LogP contribution in [0.3, 0.4) is 0 Å². The van der Waals surface area contributed by atoms with Crippen LogP contribution >= 0.6 is 0 Å². The zero-order valence-corrected chi connectivity index (χ0v) is 23.3. The van der Waals surface area contributed by atoms with Crippen LogP contribution in [0.1, 0.15) is 63.6 Å². The monoisotopic (exact) mass is 537 g/mol. The SMILES string of the molecule is CCCOc1ccc(C(O)=C2C(=O)C(=O)N(C[C@@H]3CCCO3)[C@@H]2c2ccc(OCCC(C)C)c(OC)c2)cc1. The first-order valence-corrected chi connectivity index (χ1v) is 13.8.